The van der Waals surface area contributed by atoms with Gasteiger partial charge in [-0.1, -0.05) is 36.4 Å². The van der Waals surface area contributed by atoms with Crippen molar-refractivity contribution in [3.63, 3.8) is 0 Å². The number of aryl methyl sites for hydroxylation is 1. The molecule has 4 aromatic rings. The number of fused-ring (bicyclic) bond motifs is 1. The van der Waals surface area contributed by atoms with Gasteiger partial charge in [-0.25, -0.2) is 9.58 Å². The van der Waals surface area contributed by atoms with Crippen molar-refractivity contribution in [3.8, 4) is 5.69 Å². The number of nitrogens with one attached hydrogen (secondary N) is 1. The van der Waals surface area contributed by atoms with Gasteiger partial charge >= 0.3 is 0 Å². The second-order valence-electron chi connectivity index (χ2n) is 8.12. The molecule has 7 heteroatoms. The van der Waals surface area contributed by atoms with E-state index in [-0.39, 0.29) is 5.91 Å². The van der Waals surface area contributed by atoms with Crippen LogP contribution in [0.3, 0.4) is 0 Å². The normalized spacial score (nSPS) is 12.7. The number of para-hydroxylation sites is 1. The second kappa shape index (κ2) is 8.44. The van der Waals surface area contributed by atoms with E-state index in [0.29, 0.717) is 28.9 Å². The van der Waals surface area contributed by atoms with Gasteiger partial charge in [0.05, 0.1) is 28.2 Å². The van der Waals surface area contributed by atoms with Crippen LogP contribution in [0, 0.1) is 13.8 Å². The molecule has 3 aromatic carbocycles. The summed E-state index contributed by atoms with van der Waals surface area (Å²) in [6.07, 6.45) is 0. The predicted octanol–water partition coefficient (Wildman–Crippen LogP) is 4.22. The number of nitrogens with zero attached hydrogens (tertiary/aromatic N) is 3. The maximum Gasteiger partial charge on any atom is 0.266 e. The Bertz CT molecular complexity index is 1400. The van der Waals surface area contributed by atoms with Gasteiger partial charge in [-0.3, -0.25) is 14.4 Å². The van der Waals surface area contributed by atoms with Crippen LogP contribution in [0.5, 0.6) is 0 Å². The lowest BCUT2D eigenvalue weighted by atomic mass is 10.1. The highest BCUT2D eigenvalue weighted by molar-refractivity contribution is 6.34. The number of carbonyl (C=O) groups excluding carboxylic acids is 3. The molecule has 1 aliphatic heterocycles. The third-order valence-electron chi connectivity index (χ3n) is 6.03. The van der Waals surface area contributed by atoms with Gasteiger partial charge in [-0.15, -0.1) is 0 Å². The van der Waals surface area contributed by atoms with Crippen molar-refractivity contribution in [2.45, 2.75) is 20.4 Å². The zero-order valence-electron chi connectivity index (χ0n) is 18.8. The number of hydrogen-bond acceptors (Lipinski definition) is 4. The Labute approximate surface area is 196 Å². The summed E-state index contributed by atoms with van der Waals surface area (Å²) in [7, 11) is 0. The van der Waals surface area contributed by atoms with Crippen molar-refractivity contribution in [1.29, 1.82) is 0 Å². The van der Waals surface area contributed by atoms with E-state index in [0.717, 1.165) is 27.5 Å². The maximum atomic E-state index is 12.9. The van der Waals surface area contributed by atoms with E-state index in [9.17, 15) is 14.4 Å². The average Bonchev–Trinajstić information content (AvgIpc) is 3.30. The first-order valence-corrected chi connectivity index (χ1v) is 10.9. The summed E-state index contributed by atoms with van der Waals surface area (Å²) in [5, 5.41) is 7.56. The summed E-state index contributed by atoms with van der Waals surface area (Å²) in [6.45, 7) is 4.19. The van der Waals surface area contributed by atoms with E-state index < -0.39 is 11.8 Å². The largest absolute Gasteiger partial charge is 0.348 e. The molecule has 0 radical (unpaired) electrons. The summed E-state index contributed by atoms with van der Waals surface area (Å²) in [5.41, 5.74) is 5.13. The molecule has 5 rings (SSSR count). The van der Waals surface area contributed by atoms with Crippen LogP contribution in [0.25, 0.3) is 5.69 Å². The van der Waals surface area contributed by atoms with E-state index in [1.165, 1.54) is 0 Å². The summed E-state index contributed by atoms with van der Waals surface area (Å²) in [6, 6.07) is 23.1. The quantitative estimate of drug-likeness (QED) is 0.462. The van der Waals surface area contributed by atoms with Crippen molar-refractivity contribution in [1.82, 2.24) is 15.1 Å². The molecule has 1 aromatic heterocycles. The van der Waals surface area contributed by atoms with Crippen molar-refractivity contribution in [2.24, 2.45) is 0 Å². The molecular formula is C27H22N4O3. The third-order valence-corrected chi connectivity index (χ3v) is 6.03. The molecule has 0 atom stereocenters. The summed E-state index contributed by atoms with van der Waals surface area (Å²) in [5.74, 6) is -1.08. The lowest BCUT2D eigenvalue weighted by molar-refractivity contribution is 0.0919. The standard InChI is InChI=1S/C27H22N4O3/c1-17-24(18(2)31(29-17)20-10-4-3-5-11-20)16-28-25(32)19-9-8-12-21(15-19)30-26(33)22-13-6-7-14-23(22)27(30)34/h3-15H,16H2,1-2H3,(H,28,32). The summed E-state index contributed by atoms with van der Waals surface area (Å²) < 4.78 is 1.86. The minimum atomic E-state index is -0.391. The Hall–Kier alpha value is -4.52. The predicted molar refractivity (Wildman–Crippen MR) is 128 cm³/mol. The SMILES string of the molecule is Cc1nn(-c2ccccc2)c(C)c1CNC(=O)c1cccc(N2C(=O)c3ccccc3C2=O)c1. The Kier molecular flexibility index (Phi) is 5.30. The molecule has 0 saturated heterocycles. The minimum absolute atomic E-state index is 0.301. The van der Waals surface area contributed by atoms with Gasteiger partial charge in [-0.05, 0) is 56.3 Å². The molecule has 0 unspecified atom stereocenters. The minimum Gasteiger partial charge on any atom is -0.348 e. The first-order valence-electron chi connectivity index (χ1n) is 10.9. The van der Waals surface area contributed by atoms with Gasteiger partial charge in [0, 0.05) is 23.4 Å². The molecule has 34 heavy (non-hydrogen) atoms. The lowest BCUT2D eigenvalue weighted by Crippen LogP contribution is -2.30. The molecule has 0 aliphatic carbocycles. The fourth-order valence-corrected chi connectivity index (χ4v) is 4.23. The average molecular weight is 450 g/mol. The van der Waals surface area contributed by atoms with Crippen LogP contribution in [-0.2, 0) is 6.54 Å². The van der Waals surface area contributed by atoms with Crippen LogP contribution < -0.4 is 10.2 Å². The van der Waals surface area contributed by atoms with Gasteiger partial charge in [0.2, 0.25) is 0 Å². The number of aromatic nitrogens is 2. The number of anilines is 1. The highest BCUT2D eigenvalue weighted by Gasteiger charge is 2.36. The second-order valence-corrected chi connectivity index (χ2v) is 8.12. The molecule has 1 aliphatic rings. The van der Waals surface area contributed by atoms with Crippen molar-refractivity contribution < 1.29 is 14.4 Å². The van der Waals surface area contributed by atoms with E-state index in [1.807, 2.05) is 48.9 Å². The zero-order valence-corrected chi connectivity index (χ0v) is 18.8. The fourth-order valence-electron chi connectivity index (χ4n) is 4.23. The number of rotatable bonds is 5. The Morgan fingerprint density at radius 3 is 2.12 bits per heavy atom. The number of carbonyl (C=O) groups is 3. The Morgan fingerprint density at radius 1 is 0.824 bits per heavy atom. The molecule has 1 N–H and O–H groups in total. The molecule has 0 bridgehead atoms. The highest BCUT2D eigenvalue weighted by Crippen LogP contribution is 2.28. The van der Waals surface area contributed by atoms with Crippen molar-refractivity contribution >= 4 is 23.4 Å². The first-order chi connectivity index (χ1) is 16.5. The van der Waals surface area contributed by atoms with E-state index in [2.05, 4.69) is 10.4 Å². The molecule has 2 heterocycles. The Morgan fingerprint density at radius 2 is 1.44 bits per heavy atom. The van der Waals surface area contributed by atoms with Crippen LogP contribution in [-0.4, -0.2) is 27.5 Å². The van der Waals surface area contributed by atoms with E-state index in [4.69, 9.17) is 0 Å². The smallest absolute Gasteiger partial charge is 0.266 e. The van der Waals surface area contributed by atoms with Crippen LogP contribution >= 0.6 is 0 Å². The van der Waals surface area contributed by atoms with Crippen LogP contribution in [0.2, 0.25) is 0 Å². The molecule has 168 valence electrons. The molecule has 7 nitrogen and oxygen atoms in total. The molecule has 0 fully saturated rings. The summed E-state index contributed by atoms with van der Waals surface area (Å²) >= 11 is 0. The molecule has 3 amide bonds. The molecular weight excluding hydrogens is 428 g/mol. The number of imide groups is 1. The van der Waals surface area contributed by atoms with E-state index >= 15 is 0 Å². The Balaban J connectivity index is 1.35. The first kappa shape index (κ1) is 21.3. The monoisotopic (exact) mass is 450 g/mol. The lowest BCUT2D eigenvalue weighted by Gasteiger charge is -2.15. The van der Waals surface area contributed by atoms with Crippen LogP contribution in [0.1, 0.15) is 48.0 Å². The third kappa shape index (κ3) is 3.57. The van der Waals surface area contributed by atoms with Crippen LogP contribution in [0.15, 0.2) is 78.9 Å². The van der Waals surface area contributed by atoms with Gasteiger partial charge in [0.1, 0.15) is 0 Å². The zero-order chi connectivity index (χ0) is 23.8. The molecule has 0 saturated carbocycles. The van der Waals surface area contributed by atoms with Crippen molar-refractivity contribution in [3.05, 3.63) is 113 Å². The van der Waals surface area contributed by atoms with E-state index in [1.54, 1.807) is 48.5 Å². The summed E-state index contributed by atoms with van der Waals surface area (Å²) in [4.78, 5) is 39.6. The van der Waals surface area contributed by atoms with Gasteiger partial charge in [0.15, 0.2) is 0 Å². The fraction of sp³-hybridized carbons (Fsp3) is 0.111. The number of amides is 3. The topological polar surface area (TPSA) is 84.3 Å². The highest BCUT2D eigenvalue weighted by atomic mass is 16.2. The molecule has 0 spiro atoms. The van der Waals surface area contributed by atoms with Gasteiger partial charge in [-0.2, -0.15) is 5.10 Å². The van der Waals surface area contributed by atoms with Crippen LogP contribution in [0.4, 0.5) is 5.69 Å². The van der Waals surface area contributed by atoms with Crippen molar-refractivity contribution in [2.75, 3.05) is 4.90 Å². The maximum absolute atomic E-state index is 12.9. The number of hydrogen-bond donors (Lipinski definition) is 1. The van der Waals surface area contributed by atoms with Gasteiger partial charge in [0.25, 0.3) is 17.7 Å². The van der Waals surface area contributed by atoms with Gasteiger partial charge < -0.3 is 5.32 Å². The number of benzene rings is 3.